The molecule has 0 N–H and O–H groups in total. The lowest BCUT2D eigenvalue weighted by molar-refractivity contribution is 0.473. The van der Waals surface area contributed by atoms with Gasteiger partial charge in [-0.25, -0.2) is 0 Å². The third-order valence-electron chi connectivity index (χ3n) is 6.44. The fourth-order valence-electron chi connectivity index (χ4n) is 4.74. The van der Waals surface area contributed by atoms with Gasteiger partial charge in [-0.1, -0.05) is 57.2 Å². The van der Waals surface area contributed by atoms with Gasteiger partial charge < -0.3 is 0 Å². The topological polar surface area (TPSA) is 12.9 Å². The molecule has 5 rings (SSSR count). The number of aryl methyl sites for hydroxylation is 2. The van der Waals surface area contributed by atoms with Crippen LogP contribution < -0.4 is 0 Å². The smallest absolute Gasteiger partial charge is 0.0897 e. The largest absolute Gasteiger partial charge is 0.255 e. The van der Waals surface area contributed by atoms with Crippen molar-refractivity contribution in [3.8, 4) is 11.3 Å². The number of fused-ring (bicyclic) bond motifs is 4. The summed E-state index contributed by atoms with van der Waals surface area (Å²) in [6.45, 7) is 8.72. The average Bonchev–Trinajstić information content (AvgIpc) is 3.17. The van der Waals surface area contributed by atoms with Crippen LogP contribution in [0, 0.1) is 6.92 Å². The normalized spacial score (nSPS) is 12.3. The van der Waals surface area contributed by atoms with Gasteiger partial charge in [0.15, 0.2) is 0 Å². The Labute approximate surface area is 192 Å². The number of thiophene rings is 1. The summed E-state index contributed by atoms with van der Waals surface area (Å²) in [5.74, 6) is 0. The van der Waals surface area contributed by atoms with Crippen molar-refractivity contribution < 1.29 is 4.39 Å². The van der Waals surface area contributed by atoms with Gasteiger partial charge in [0.1, 0.15) is 0 Å². The molecule has 2 heterocycles. The van der Waals surface area contributed by atoms with E-state index in [-0.39, 0.29) is 12.1 Å². The molecule has 0 unspecified atom stereocenters. The Morgan fingerprint density at radius 2 is 1.69 bits per heavy atom. The Bertz CT molecular complexity index is 1460. The lowest BCUT2D eigenvalue weighted by atomic mass is 9.82. The Balaban J connectivity index is 1.77. The van der Waals surface area contributed by atoms with Crippen molar-refractivity contribution in [1.82, 2.24) is 4.98 Å². The predicted molar refractivity (Wildman–Crippen MR) is 138 cm³/mol. The maximum absolute atomic E-state index is 12.8. The first-order valence-corrected chi connectivity index (χ1v) is 12.1. The zero-order valence-corrected chi connectivity index (χ0v) is 19.9. The first-order valence-electron chi connectivity index (χ1n) is 11.3. The van der Waals surface area contributed by atoms with Gasteiger partial charge in [-0.15, -0.1) is 11.3 Å². The van der Waals surface area contributed by atoms with Crippen molar-refractivity contribution in [3.05, 3.63) is 77.5 Å². The minimum atomic E-state index is -0.268. The average molecular weight is 442 g/mol. The number of halogens is 1. The van der Waals surface area contributed by atoms with E-state index in [4.69, 9.17) is 4.98 Å². The zero-order valence-electron chi connectivity index (χ0n) is 19.1. The molecular formula is C29H28FNS. The summed E-state index contributed by atoms with van der Waals surface area (Å²) in [5.41, 5.74) is 6.11. The summed E-state index contributed by atoms with van der Waals surface area (Å²) in [5, 5.41) is 5.08. The van der Waals surface area contributed by atoms with Crippen LogP contribution in [0.4, 0.5) is 4.39 Å². The summed E-state index contributed by atoms with van der Waals surface area (Å²) in [6, 6.07) is 19.7. The van der Waals surface area contributed by atoms with Crippen molar-refractivity contribution in [3.63, 3.8) is 0 Å². The molecule has 0 saturated carbocycles. The molecule has 0 fully saturated rings. The van der Waals surface area contributed by atoms with E-state index in [1.165, 1.54) is 53.2 Å². The Morgan fingerprint density at radius 1 is 0.906 bits per heavy atom. The van der Waals surface area contributed by atoms with Gasteiger partial charge in [0.2, 0.25) is 0 Å². The van der Waals surface area contributed by atoms with Gasteiger partial charge in [-0.05, 0) is 70.8 Å². The van der Waals surface area contributed by atoms with Crippen molar-refractivity contribution in [2.24, 2.45) is 0 Å². The van der Waals surface area contributed by atoms with E-state index in [1.807, 2.05) is 17.5 Å². The van der Waals surface area contributed by atoms with E-state index in [9.17, 15) is 4.39 Å². The SMILES string of the molecule is Cc1c(CCCF)ccc2c1sc1c(-c3cc(C(C)(C)C)c4ccccc4c3)nccc12. The van der Waals surface area contributed by atoms with E-state index in [0.717, 1.165) is 12.1 Å². The monoisotopic (exact) mass is 441 g/mol. The molecule has 0 aliphatic heterocycles. The van der Waals surface area contributed by atoms with Gasteiger partial charge in [0.25, 0.3) is 0 Å². The van der Waals surface area contributed by atoms with Crippen LogP contribution in [0.15, 0.2) is 60.8 Å². The van der Waals surface area contributed by atoms with E-state index in [0.29, 0.717) is 6.42 Å². The quantitative estimate of drug-likeness (QED) is 0.271. The van der Waals surface area contributed by atoms with Crippen LogP contribution in [0.2, 0.25) is 0 Å². The lowest BCUT2D eigenvalue weighted by Crippen LogP contribution is -2.12. The van der Waals surface area contributed by atoms with Gasteiger partial charge >= 0.3 is 0 Å². The molecule has 0 radical (unpaired) electrons. The van der Waals surface area contributed by atoms with E-state index < -0.39 is 0 Å². The summed E-state index contributed by atoms with van der Waals surface area (Å²) >= 11 is 1.82. The van der Waals surface area contributed by atoms with Gasteiger partial charge in [0.05, 0.1) is 17.1 Å². The van der Waals surface area contributed by atoms with Crippen LogP contribution in [0.25, 0.3) is 42.2 Å². The standard InChI is InChI=1S/C29H28FNS/c1-18-19(9-7-14-30)11-12-23-24-13-15-31-26(28(24)32-27(18)23)21-16-20-8-5-6-10-22(20)25(17-21)29(2,3)4/h5-6,8,10-13,15-17H,7,9,14H2,1-4H3. The number of benzene rings is 3. The minimum absolute atomic E-state index is 0.0333. The van der Waals surface area contributed by atoms with Crippen molar-refractivity contribution >= 4 is 42.3 Å². The van der Waals surface area contributed by atoms with Crippen LogP contribution in [0.5, 0.6) is 0 Å². The third kappa shape index (κ3) is 3.49. The second-order valence-corrected chi connectivity index (χ2v) is 10.7. The minimum Gasteiger partial charge on any atom is -0.255 e. The molecule has 162 valence electrons. The van der Waals surface area contributed by atoms with E-state index in [2.05, 4.69) is 82.3 Å². The third-order valence-corrected chi connectivity index (χ3v) is 7.79. The van der Waals surface area contributed by atoms with Crippen LogP contribution >= 0.6 is 11.3 Å². The molecule has 2 aromatic heterocycles. The number of rotatable bonds is 4. The van der Waals surface area contributed by atoms with Crippen LogP contribution in [-0.2, 0) is 11.8 Å². The van der Waals surface area contributed by atoms with Gasteiger partial charge in [-0.2, -0.15) is 0 Å². The molecule has 3 aromatic carbocycles. The highest BCUT2D eigenvalue weighted by molar-refractivity contribution is 7.26. The lowest BCUT2D eigenvalue weighted by Gasteiger charge is -2.22. The molecule has 0 bridgehead atoms. The Morgan fingerprint density at radius 3 is 2.47 bits per heavy atom. The molecule has 3 heteroatoms. The highest BCUT2D eigenvalue weighted by Gasteiger charge is 2.20. The molecule has 0 amide bonds. The molecule has 0 spiro atoms. The van der Waals surface area contributed by atoms with Crippen LogP contribution in [0.3, 0.4) is 0 Å². The molecule has 0 saturated heterocycles. The molecular weight excluding hydrogens is 413 g/mol. The van der Waals surface area contributed by atoms with Crippen LogP contribution in [-0.4, -0.2) is 11.7 Å². The van der Waals surface area contributed by atoms with E-state index >= 15 is 0 Å². The fourth-order valence-corrected chi connectivity index (χ4v) is 6.07. The molecule has 1 nitrogen and oxygen atoms in total. The number of hydrogen-bond donors (Lipinski definition) is 0. The summed E-state index contributed by atoms with van der Waals surface area (Å²) in [4.78, 5) is 4.86. The molecule has 0 aliphatic carbocycles. The Kier molecular flexibility index (Phi) is 5.25. The maximum atomic E-state index is 12.8. The first-order chi connectivity index (χ1) is 15.4. The van der Waals surface area contributed by atoms with Crippen LogP contribution in [0.1, 0.15) is 43.9 Å². The second-order valence-electron chi connectivity index (χ2n) is 9.65. The summed E-state index contributed by atoms with van der Waals surface area (Å²) in [7, 11) is 0. The van der Waals surface area contributed by atoms with E-state index in [1.54, 1.807) is 0 Å². The number of nitrogens with zero attached hydrogens (tertiary/aromatic N) is 1. The first kappa shape index (κ1) is 21.1. The molecule has 32 heavy (non-hydrogen) atoms. The molecule has 5 aromatic rings. The Hall–Kier alpha value is -2.78. The van der Waals surface area contributed by atoms with Gasteiger partial charge in [-0.3, -0.25) is 9.37 Å². The predicted octanol–water partition coefficient (Wildman–Crippen LogP) is 8.78. The van der Waals surface area contributed by atoms with Crippen molar-refractivity contribution in [2.45, 2.75) is 46.0 Å². The molecule has 0 aliphatic rings. The van der Waals surface area contributed by atoms with Crippen molar-refractivity contribution in [2.75, 3.05) is 6.67 Å². The summed E-state index contributed by atoms with van der Waals surface area (Å²) < 4.78 is 15.3. The van der Waals surface area contributed by atoms with Gasteiger partial charge in [0, 0.05) is 27.2 Å². The number of hydrogen-bond acceptors (Lipinski definition) is 2. The fraction of sp³-hybridized carbons (Fsp3) is 0.276. The maximum Gasteiger partial charge on any atom is 0.0897 e. The number of aromatic nitrogens is 1. The second kappa shape index (κ2) is 7.97. The zero-order chi connectivity index (χ0) is 22.5. The molecule has 0 atom stereocenters. The summed E-state index contributed by atoms with van der Waals surface area (Å²) in [6.07, 6.45) is 3.30. The highest BCUT2D eigenvalue weighted by Crippen LogP contribution is 2.42. The highest BCUT2D eigenvalue weighted by atomic mass is 32.1. The number of alkyl halides is 1. The van der Waals surface area contributed by atoms with Crippen molar-refractivity contribution in [1.29, 1.82) is 0 Å². The number of pyridine rings is 1.